The Morgan fingerprint density at radius 3 is 2.78 bits per heavy atom. The van der Waals surface area contributed by atoms with E-state index in [9.17, 15) is 9.18 Å². The molecule has 18 heavy (non-hydrogen) atoms. The highest BCUT2D eigenvalue weighted by Crippen LogP contribution is 2.12. The van der Waals surface area contributed by atoms with Crippen LogP contribution >= 0.6 is 0 Å². The number of amides is 1. The number of carbonyl (C=O) groups is 1. The number of benzene rings is 1. The van der Waals surface area contributed by atoms with Crippen molar-refractivity contribution >= 4 is 6.09 Å². The molecule has 1 aliphatic heterocycles. The number of carbonyl (C=O) groups excluding carboxylic acids is 1. The minimum absolute atomic E-state index is 0.209. The predicted octanol–water partition coefficient (Wildman–Crippen LogP) is 1.56. The van der Waals surface area contributed by atoms with E-state index in [1.807, 2.05) is 30.3 Å². The zero-order valence-electron chi connectivity index (χ0n) is 10.3. The van der Waals surface area contributed by atoms with Crippen molar-refractivity contribution in [3.05, 3.63) is 35.9 Å². The Labute approximate surface area is 106 Å². The highest BCUT2D eigenvalue weighted by molar-refractivity contribution is 5.67. The molecule has 1 saturated heterocycles. The summed E-state index contributed by atoms with van der Waals surface area (Å²) in [6, 6.07) is 8.98. The summed E-state index contributed by atoms with van der Waals surface area (Å²) in [6.07, 6.45) is -1.52. The second kappa shape index (κ2) is 5.82. The van der Waals surface area contributed by atoms with Gasteiger partial charge in [-0.25, -0.2) is 9.18 Å². The molecule has 0 spiro atoms. The van der Waals surface area contributed by atoms with E-state index in [0.717, 1.165) is 5.56 Å². The Morgan fingerprint density at radius 2 is 2.17 bits per heavy atom. The van der Waals surface area contributed by atoms with Crippen LogP contribution in [0.2, 0.25) is 0 Å². The van der Waals surface area contributed by atoms with Crippen molar-refractivity contribution in [1.29, 1.82) is 0 Å². The average Bonchev–Trinajstić information content (AvgIpc) is 2.82. The molecule has 1 aromatic rings. The normalized spacial score (nSPS) is 22.8. The summed E-state index contributed by atoms with van der Waals surface area (Å²) in [6.45, 7) is 0.972. The molecule has 1 aliphatic rings. The van der Waals surface area contributed by atoms with Crippen molar-refractivity contribution in [3.8, 4) is 0 Å². The van der Waals surface area contributed by atoms with E-state index < -0.39 is 18.3 Å². The average molecular weight is 252 g/mol. The van der Waals surface area contributed by atoms with Crippen molar-refractivity contribution in [2.45, 2.75) is 18.8 Å². The van der Waals surface area contributed by atoms with E-state index in [2.05, 4.69) is 5.32 Å². The molecule has 0 aliphatic carbocycles. The first-order valence-corrected chi connectivity index (χ1v) is 5.97. The molecule has 0 radical (unpaired) electrons. The van der Waals surface area contributed by atoms with Crippen LogP contribution in [-0.4, -0.2) is 43.3 Å². The molecule has 0 unspecified atom stereocenters. The molecular weight excluding hydrogens is 235 g/mol. The molecule has 0 bridgehead atoms. The van der Waals surface area contributed by atoms with Crippen LogP contribution in [0.5, 0.6) is 0 Å². The van der Waals surface area contributed by atoms with Crippen LogP contribution in [-0.2, 0) is 11.3 Å². The molecule has 1 aromatic carbocycles. The standard InChI is InChI=1S/C13H17FN2O2/c1-16(12-8-15-7-11(12)14)13(17)18-9-10-5-3-2-4-6-10/h2-6,11-12,15H,7-9H2,1H3/t11-,12+/m0/s1. The molecule has 1 N–H and O–H groups in total. The molecule has 4 nitrogen and oxygen atoms in total. The molecule has 1 heterocycles. The van der Waals surface area contributed by atoms with Gasteiger partial charge in [-0.15, -0.1) is 0 Å². The van der Waals surface area contributed by atoms with Crippen LogP contribution in [0.4, 0.5) is 9.18 Å². The molecule has 2 atom stereocenters. The van der Waals surface area contributed by atoms with E-state index >= 15 is 0 Å². The highest BCUT2D eigenvalue weighted by Gasteiger charge is 2.33. The summed E-state index contributed by atoms with van der Waals surface area (Å²) in [5.74, 6) is 0. The summed E-state index contributed by atoms with van der Waals surface area (Å²) in [7, 11) is 1.57. The molecule has 2 rings (SSSR count). The van der Waals surface area contributed by atoms with E-state index in [1.54, 1.807) is 7.05 Å². The fourth-order valence-electron chi connectivity index (χ4n) is 1.97. The van der Waals surface area contributed by atoms with Crippen LogP contribution in [0.15, 0.2) is 30.3 Å². The zero-order valence-corrected chi connectivity index (χ0v) is 10.3. The van der Waals surface area contributed by atoms with Gasteiger partial charge in [-0.1, -0.05) is 30.3 Å². The van der Waals surface area contributed by atoms with Crippen molar-refractivity contribution < 1.29 is 13.9 Å². The third-order valence-corrected chi connectivity index (χ3v) is 3.10. The van der Waals surface area contributed by atoms with Crippen LogP contribution in [0, 0.1) is 0 Å². The van der Waals surface area contributed by atoms with Gasteiger partial charge in [0.15, 0.2) is 0 Å². The first-order chi connectivity index (χ1) is 8.68. The fraction of sp³-hybridized carbons (Fsp3) is 0.462. The van der Waals surface area contributed by atoms with Gasteiger partial charge in [-0.3, -0.25) is 0 Å². The third kappa shape index (κ3) is 2.98. The van der Waals surface area contributed by atoms with Gasteiger partial charge in [0.1, 0.15) is 12.8 Å². The molecular formula is C13H17FN2O2. The van der Waals surface area contributed by atoms with Gasteiger partial charge in [0.25, 0.3) is 0 Å². The maximum Gasteiger partial charge on any atom is 0.410 e. The number of rotatable bonds is 3. The van der Waals surface area contributed by atoms with Gasteiger partial charge in [-0.05, 0) is 5.56 Å². The second-order valence-corrected chi connectivity index (χ2v) is 4.39. The van der Waals surface area contributed by atoms with Gasteiger partial charge >= 0.3 is 6.09 Å². The Morgan fingerprint density at radius 1 is 1.44 bits per heavy atom. The number of alkyl halides is 1. The van der Waals surface area contributed by atoms with Crippen LogP contribution in [0.3, 0.4) is 0 Å². The molecule has 0 saturated carbocycles. The summed E-state index contributed by atoms with van der Waals surface area (Å²) in [5.41, 5.74) is 0.917. The van der Waals surface area contributed by atoms with Crippen molar-refractivity contribution in [1.82, 2.24) is 10.2 Å². The van der Waals surface area contributed by atoms with E-state index in [4.69, 9.17) is 4.74 Å². The van der Waals surface area contributed by atoms with Gasteiger partial charge in [-0.2, -0.15) is 0 Å². The summed E-state index contributed by atoms with van der Waals surface area (Å²) in [4.78, 5) is 13.1. The molecule has 5 heteroatoms. The Balaban J connectivity index is 1.84. The first-order valence-electron chi connectivity index (χ1n) is 5.97. The van der Waals surface area contributed by atoms with E-state index in [-0.39, 0.29) is 6.61 Å². The molecule has 98 valence electrons. The van der Waals surface area contributed by atoms with Crippen molar-refractivity contribution in [3.63, 3.8) is 0 Å². The Bertz CT molecular complexity index is 399. The maximum absolute atomic E-state index is 13.5. The Kier molecular flexibility index (Phi) is 4.15. The monoisotopic (exact) mass is 252 g/mol. The quantitative estimate of drug-likeness (QED) is 0.887. The predicted molar refractivity (Wildman–Crippen MR) is 65.9 cm³/mol. The van der Waals surface area contributed by atoms with E-state index in [1.165, 1.54) is 4.90 Å². The lowest BCUT2D eigenvalue weighted by Gasteiger charge is -2.24. The maximum atomic E-state index is 13.5. The first kappa shape index (κ1) is 12.8. The lowest BCUT2D eigenvalue weighted by molar-refractivity contribution is 0.0814. The topological polar surface area (TPSA) is 41.6 Å². The van der Waals surface area contributed by atoms with Crippen LogP contribution in [0.1, 0.15) is 5.56 Å². The zero-order chi connectivity index (χ0) is 13.0. The molecule has 1 amide bonds. The van der Waals surface area contributed by atoms with Gasteiger partial charge in [0.2, 0.25) is 0 Å². The van der Waals surface area contributed by atoms with E-state index in [0.29, 0.717) is 13.1 Å². The molecule has 0 aromatic heterocycles. The number of hydrogen-bond donors (Lipinski definition) is 1. The number of ether oxygens (including phenoxy) is 1. The van der Waals surface area contributed by atoms with Gasteiger partial charge < -0.3 is 15.0 Å². The number of nitrogens with one attached hydrogen (secondary N) is 1. The SMILES string of the molecule is CN(C(=O)OCc1ccccc1)[C@@H]1CNC[C@@H]1F. The van der Waals surface area contributed by atoms with Gasteiger partial charge in [0, 0.05) is 20.1 Å². The van der Waals surface area contributed by atoms with Gasteiger partial charge in [0.05, 0.1) is 6.04 Å². The Hall–Kier alpha value is -1.62. The van der Waals surface area contributed by atoms with Crippen molar-refractivity contribution in [2.75, 3.05) is 20.1 Å². The largest absolute Gasteiger partial charge is 0.445 e. The minimum atomic E-state index is -1.03. The van der Waals surface area contributed by atoms with Crippen LogP contribution < -0.4 is 5.32 Å². The highest BCUT2D eigenvalue weighted by atomic mass is 19.1. The minimum Gasteiger partial charge on any atom is -0.445 e. The third-order valence-electron chi connectivity index (χ3n) is 3.10. The second-order valence-electron chi connectivity index (χ2n) is 4.39. The molecule has 1 fully saturated rings. The lowest BCUT2D eigenvalue weighted by atomic mass is 10.2. The summed E-state index contributed by atoms with van der Waals surface area (Å²) < 4.78 is 18.6. The number of halogens is 1. The summed E-state index contributed by atoms with van der Waals surface area (Å²) in [5, 5.41) is 2.91. The fourth-order valence-corrected chi connectivity index (χ4v) is 1.97. The lowest BCUT2D eigenvalue weighted by Crippen LogP contribution is -2.43. The number of likely N-dealkylation sites (N-methyl/N-ethyl adjacent to an activating group) is 1. The summed E-state index contributed by atoms with van der Waals surface area (Å²) >= 11 is 0. The number of nitrogens with zero attached hydrogens (tertiary/aromatic N) is 1. The van der Waals surface area contributed by atoms with Crippen molar-refractivity contribution in [2.24, 2.45) is 0 Å². The van der Waals surface area contributed by atoms with Crippen LogP contribution in [0.25, 0.3) is 0 Å². The number of hydrogen-bond acceptors (Lipinski definition) is 3. The smallest absolute Gasteiger partial charge is 0.410 e.